The molecule has 176 valence electrons. The van der Waals surface area contributed by atoms with Crippen LogP contribution in [0, 0.1) is 17.3 Å². The summed E-state index contributed by atoms with van der Waals surface area (Å²) in [6.07, 6.45) is 8.11. The molecule has 5 fully saturated rings. The van der Waals surface area contributed by atoms with E-state index < -0.39 is 0 Å². The zero-order chi connectivity index (χ0) is 22.8. The molecule has 1 aromatic heterocycles. The third-order valence-electron chi connectivity index (χ3n) is 8.50. The number of carbonyl (C=O) groups excluding carboxylic acids is 1. The smallest absolute Gasteiger partial charge is 0.242 e. The SMILES string of the molecule is O=C(N1CCN(Cc2ccc(Cl)cc2Cl)CC1)C12CC3CC(C1)CC(n1cnc(Cl)n1)(C3)C2. The van der Waals surface area contributed by atoms with E-state index >= 15 is 0 Å². The summed E-state index contributed by atoms with van der Waals surface area (Å²) in [6.45, 7) is 4.03. The predicted molar refractivity (Wildman–Crippen MR) is 128 cm³/mol. The Labute approximate surface area is 209 Å². The second-order valence-electron chi connectivity index (χ2n) is 10.7. The van der Waals surface area contributed by atoms with Crippen molar-refractivity contribution in [2.75, 3.05) is 26.2 Å². The van der Waals surface area contributed by atoms with Gasteiger partial charge in [-0.1, -0.05) is 29.3 Å². The van der Waals surface area contributed by atoms with Crippen molar-refractivity contribution in [3.63, 3.8) is 0 Å². The second-order valence-corrected chi connectivity index (χ2v) is 11.9. The van der Waals surface area contributed by atoms with Crippen molar-refractivity contribution in [1.82, 2.24) is 24.6 Å². The summed E-state index contributed by atoms with van der Waals surface area (Å²) in [5, 5.41) is 6.14. The Hall–Kier alpha value is -1.34. The summed E-state index contributed by atoms with van der Waals surface area (Å²) in [5.74, 6) is 1.54. The number of carbonyl (C=O) groups is 1. The topological polar surface area (TPSA) is 54.3 Å². The van der Waals surface area contributed by atoms with Crippen LogP contribution in [-0.2, 0) is 16.9 Å². The first-order valence-electron chi connectivity index (χ1n) is 11.9. The van der Waals surface area contributed by atoms with Gasteiger partial charge in [-0.15, -0.1) is 5.10 Å². The summed E-state index contributed by atoms with van der Waals surface area (Å²) in [7, 11) is 0. The molecule has 1 amide bonds. The van der Waals surface area contributed by atoms with Gasteiger partial charge >= 0.3 is 0 Å². The van der Waals surface area contributed by atoms with E-state index in [-0.39, 0.29) is 11.0 Å². The van der Waals surface area contributed by atoms with Crippen LogP contribution in [0.2, 0.25) is 15.3 Å². The number of rotatable bonds is 4. The molecule has 0 radical (unpaired) electrons. The lowest BCUT2D eigenvalue weighted by Gasteiger charge is -2.61. The highest BCUT2D eigenvalue weighted by Crippen LogP contribution is 2.64. The molecule has 9 heteroatoms. The molecule has 7 rings (SSSR count). The van der Waals surface area contributed by atoms with Crippen LogP contribution in [0.25, 0.3) is 0 Å². The zero-order valence-corrected chi connectivity index (χ0v) is 20.8. The lowest BCUT2D eigenvalue weighted by atomic mass is 9.46. The molecule has 5 aliphatic rings. The minimum Gasteiger partial charge on any atom is -0.340 e. The van der Waals surface area contributed by atoms with Crippen molar-refractivity contribution in [3.05, 3.63) is 45.4 Å². The summed E-state index contributed by atoms with van der Waals surface area (Å²) < 4.78 is 1.99. The summed E-state index contributed by atoms with van der Waals surface area (Å²) in [6, 6.07) is 5.67. The molecule has 4 bridgehead atoms. The molecule has 33 heavy (non-hydrogen) atoms. The first-order chi connectivity index (χ1) is 15.8. The number of halogens is 3. The molecule has 2 heterocycles. The van der Waals surface area contributed by atoms with Gasteiger partial charge in [0.25, 0.3) is 0 Å². The number of hydrogen-bond acceptors (Lipinski definition) is 4. The number of amides is 1. The molecule has 0 spiro atoms. The molecule has 1 aromatic carbocycles. The molecular formula is C24H28Cl3N5O. The number of piperazine rings is 1. The lowest BCUT2D eigenvalue weighted by molar-refractivity contribution is -0.168. The molecule has 2 atom stereocenters. The fourth-order valence-corrected chi connectivity index (χ4v) is 8.13. The van der Waals surface area contributed by atoms with Crippen LogP contribution >= 0.6 is 34.8 Å². The van der Waals surface area contributed by atoms with Gasteiger partial charge in [0.05, 0.1) is 11.0 Å². The average molecular weight is 509 g/mol. The molecule has 6 nitrogen and oxygen atoms in total. The minimum atomic E-state index is -0.260. The Morgan fingerprint density at radius 2 is 1.76 bits per heavy atom. The van der Waals surface area contributed by atoms with Crippen LogP contribution in [0.4, 0.5) is 0 Å². The van der Waals surface area contributed by atoms with Crippen molar-refractivity contribution in [2.24, 2.45) is 17.3 Å². The summed E-state index contributed by atoms with van der Waals surface area (Å²) in [5.41, 5.74) is 0.715. The fraction of sp³-hybridized carbons (Fsp3) is 0.625. The molecule has 1 saturated heterocycles. The lowest BCUT2D eigenvalue weighted by Crippen LogP contribution is -2.62. The van der Waals surface area contributed by atoms with Gasteiger partial charge < -0.3 is 4.90 Å². The Kier molecular flexibility index (Phi) is 5.44. The van der Waals surface area contributed by atoms with Crippen LogP contribution in [0.15, 0.2) is 24.5 Å². The number of aromatic nitrogens is 3. The van der Waals surface area contributed by atoms with Gasteiger partial charge in [0.15, 0.2) is 0 Å². The minimum absolute atomic E-state index is 0.104. The molecule has 2 aromatic rings. The van der Waals surface area contributed by atoms with Crippen LogP contribution in [-0.4, -0.2) is 56.7 Å². The Morgan fingerprint density at radius 1 is 1.03 bits per heavy atom. The maximum Gasteiger partial charge on any atom is 0.242 e. The highest BCUT2D eigenvalue weighted by atomic mass is 35.5. The van der Waals surface area contributed by atoms with E-state index in [1.165, 1.54) is 6.42 Å². The molecule has 1 aliphatic heterocycles. The molecule has 4 saturated carbocycles. The second kappa shape index (κ2) is 8.11. The van der Waals surface area contributed by atoms with E-state index in [2.05, 4.69) is 19.9 Å². The Bertz CT molecular complexity index is 1070. The van der Waals surface area contributed by atoms with E-state index in [0.717, 1.165) is 70.4 Å². The van der Waals surface area contributed by atoms with Gasteiger partial charge in [0.1, 0.15) is 6.33 Å². The maximum absolute atomic E-state index is 14.0. The Balaban J connectivity index is 1.16. The largest absolute Gasteiger partial charge is 0.340 e. The highest BCUT2D eigenvalue weighted by Gasteiger charge is 2.62. The molecule has 2 unspecified atom stereocenters. The van der Waals surface area contributed by atoms with Gasteiger partial charge in [-0.05, 0) is 79.7 Å². The van der Waals surface area contributed by atoms with Crippen LogP contribution in [0.1, 0.15) is 44.1 Å². The third kappa shape index (κ3) is 3.87. The van der Waals surface area contributed by atoms with Crippen LogP contribution < -0.4 is 0 Å². The average Bonchev–Trinajstić information content (AvgIpc) is 3.22. The fourth-order valence-electron chi connectivity index (χ4n) is 7.54. The monoisotopic (exact) mass is 507 g/mol. The zero-order valence-electron chi connectivity index (χ0n) is 18.5. The predicted octanol–water partition coefficient (Wildman–Crippen LogP) is 4.88. The quantitative estimate of drug-likeness (QED) is 0.591. The standard InChI is InChI=1S/C24H28Cl3N5O/c25-19-2-1-18(20(26)8-19)13-30-3-5-31(6-4-30)21(33)23-9-16-7-17(10-23)12-24(11-16,14-23)32-15-28-22(27)29-32/h1-2,8,15-17H,3-7,9-14H2. The molecular weight excluding hydrogens is 481 g/mol. The first-order valence-corrected chi connectivity index (χ1v) is 13.0. The third-order valence-corrected chi connectivity index (χ3v) is 9.26. The van der Waals surface area contributed by atoms with Crippen molar-refractivity contribution in [2.45, 2.75) is 50.6 Å². The molecule has 0 N–H and O–H groups in total. The van der Waals surface area contributed by atoms with Crippen molar-refractivity contribution >= 4 is 40.7 Å². The van der Waals surface area contributed by atoms with E-state index in [1.807, 2.05) is 16.8 Å². The highest BCUT2D eigenvalue weighted by molar-refractivity contribution is 6.35. The summed E-state index contributed by atoms with van der Waals surface area (Å²) >= 11 is 18.5. The maximum atomic E-state index is 14.0. The van der Waals surface area contributed by atoms with Gasteiger partial charge in [-0.2, -0.15) is 0 Å². The number of nitrogens with zero attached hydrogens (tertiary/aromatic N) is 5. The van der Waals surface area contributed by atoms with Crippen molar-refractivity contribution in [3.8, 4) is 0 Å². The first kappa shape index (κ1) is 22.1. The number of hydrogen-bond donors (Lipinski definition) is 0. The number of benzene rings is 1. The van der Waals surface area contributed by atoms with Gasteiger partial charge in [0, 0.05) is 42.8 Å². The molecule has 4 aliphatic carbocycles. The van der Waals surface area contributed by atoms with E-state index in [4.69, 9.17) is 34.8 Å². The van der Waals surface area contributed by atoms with E-state index in [0.29, 0.717) is 33.1 Å². The van der Waals surface area contributed by atoms with Crippen molar-refractivity contribution in [1.29, 1.82) is 0 Å². The normalized spacial score (nSPS) is 33.6. The van der Waals surface area contributed by atoms with Gasteiger partial charge in [-0.25, -0.2) is 9.67 Å². The van der Waals surface area contributed by atoms with Crippen molar-refractivity contribution < 1.29 is 4.79 Å². The van der Waals surface area contributed by atoms with E-state index in [1.54, 1.807) is 12.4 Å². The van der Waals surface area contributed by atoms with Gasteiger partial charge in [0.2, 0.25) is 11.2 Å². The van der Waals surface area contributed by atoms with Crippen LogP contribution in [0.5, 0.6) is 0 Å². The Morgan fingerprint density at radius 3 is 2.39 bits per heavy atom. The van der Waals surface area contributed by atoms with Crippen LogP contribution in [0.3, 0.4) is 0 Å². The summed E-state index contributed by atoms with van der Waals surface area (Å²) in [4.78, 5) is 22.7. The van der Waals surface area contributed by atoms with E-state index in [9.17, 15) is 4.79 Å². The van der Waals surface area contributed by atoms with Gasteiger partial charge in [-0.3, -0.25) is 9.69 Å².